The molecule has 3 rings (SSSR count). The van der Waals surface area contributed by atoms with Gasteiger partial charge in [0.05, 0.1) is 18.5 Å². The number of nitrogens with one attached hydrogen (secondary N) is 1. The Morgan fingerprint density at radius 1 is 0.973 bits per heavy atom. The first-order chi connectivity index (χ1) is 17.8. The van der Waals surface area contributed by atoms with E-state index in [1.54, 1.807) is 31.4 Å². The van der Waals surface area contributed by atoms with E-state index in [1.807, 2.05) is 62.4 Å². The summed E-state index contributed by atoms with van der Waals surface area (Å²) in [6.45, 7) is 4.61. The van der Waals surface area contributed by atoms with Crippen molar-refractivity contribution in [3.05, 3.63) is 106 Å². The van der Waals surface area contributed by atoms with Gasteiger partial charge in [-0.25, -0.2) is 0 Å². The summed E-state index contributed by atoms with van der Waals surface area (Å²) in [6, 6.07) is 22.2. The highest BCUT2D eigenvalue weighted by Gasteiger charge is 2.31. The Kier molecular flexibility index (Phi) is 9.77. The Labute approximate surface area is 217 Å². The van der Waals surface area contributed by atoms with Gasteiger partial charge in [-0.15, -0.1) is 0 Å². The molecule has 0 radical (unpaired) electrons. The normalized spacial score (nSPS) is 11.6. The second kappa shape index (κ2) is 13.2. The maximum Gasteiger partial charge on any atom is 0.273 e. The molecule has 0 unspecified atom stereocenters. The van der Waals surface area contributed by atoms with E-state index in [-0.39, 0.29) is 36.4 Å². The van der Waals surface area contributed by atoms with E-state index in [1.165, 1.54) is 11.0 Å². The molecule has 194 valence electrons. The summed E-state index contributed by atoms with van der Waals surface area (Å²) in [4.78, 5) is 39.9. The second-order valence-corrected chi connectivity index (χ2v) is 9.28. The van der Waals surface area contributed by atoms with Gasteiger partial charge in [-0.3, -0.25) is 19.7 Å². The van der Waals surface area contributed by atoms with Crippen molar-refractivity contribution in [1.82, 2.24) is 10.2 Å². The predicted octanol–water partition coefficient (Wildman–Crippen LogP) is 4.56. The largest absolute Gasteiger partial charge is 0.497 e. The average molecular weight is 504 g/mol. The van der Waals surface area contributed by atoms with E-state index in [0.29, 0.717) is 24.3 Å². The lowest BCUT2D eigenvalue weighted by molar-refractivity contribution is -0.385. The van der Waals surface area contributed by atoms with Crippen molar-refractivity contribution in [3.8, 4) is 5.75 Å². The topological polar surface area (TPSA) is 102 Å². The van der Waals surface area contributed by atoms with Gasteiger partial charge < -0.3 is 15.0 Å². The first-order valence-corrected chi connectivity index (χ1v) is 12.2. The van der Waals surface area contributed by atoms with E-state index < -0.39 is 11.0 Å². The Balaban J connectivity index is 2.01. The maximum absolute atomic E-state index is 13.8. The smallest absolute Gasteiger partial charge is 0.273 e. The van der Waals surface area contributed by atoms with Gasteiger partial charge in [0.25, 0.3) is 5.69 Å². The molecule has 0 aliphatic heterocycles. The molecule has 0 aliphatic carbocycles. The number of rotatable bonds is 12. The van der Waals surface area contributed by atoms with E-state index >= 15 is 0 Å². The minimum absolute atomic E-state index is 0.124. The van der Waals surface area contributed by atoms with Crippen molar-refractivity contribution < 1.29 is 19.2 Å². The number of ether oxygens (including phenoxy) is 1. The molecule has 0 aromatic heterocycles. The number of benzene rings is 3. The van der Waals surface area contributed by atoms with Crippen LogP contribution in [0.1, 0.15) is 30.5 Å². The molecule has 8 nitrogen and oxygen atoms in total. The summed E-state index contributed by atoms with van der Waals surface area (Å²) >= 11 is 0. The van der Waals surface area contributed by atoms with Crippen molar-refractivity contribution in [2.45, 2.75) is 39.3 Å². The zero-order valence-corrected chi connectivity index (χ0v) is 21.4. The van der Waals surface area contributed by atoms with E-state index in [9.17, 15) is 19.7 Å². The quantitative estimate of drug-likeness (QED) is 0.288. The summed E-state index contributed by atoms with van der Waals surface area (Å²) in [6.07, 6.45) is 0.0984. The van der Waals surface area contributed by atoms with Gasteiger partial charge in [-0.1, -0.05) is 74.5 Å². The fraction of sp³-hybridized carbons (Fsp3) is 0.310. The van der Waals surface area contributed by atoms with Crippen LogP contribution in [0, 0.1) is 16.0 Å². The second-order valence-electron chi connectivity index (χ2n) is 9.28. The van der Waals surface area contributed by atoms with Crippen molar-refractivity contribution in [2.75, 3.05) is 13.7 Å². The average Bonchev–Trinajstić information content (AvgIpc) is 2.90. The standard InChI is InChI=1S/C29H33N3O5/c1-21(2)19-30-29(34)27(17-22-10-5-4-6-11-22)31(20-23-12-9-14-25(16-23)37-3)28(33)18-24-13-7-8-15-26(24)32(35)36/h4-16,21,27H,17-20H2,1-3H3,(H,30,34)/t27-/m0/s1. The molecule has 2 amide bonds. The molecule has 0 saturated carbocycles. The first-order valence-electron chi connectivity index (χ1n) is 12.2. The van der Waals surface area contributed by atoms with E-state index in [0.717, 1.165) is 11.1 Å². The minimum atomic E-state index is -0.817. The van der Waals surface area contributed by atoms with Crippen LogP contribution in [0.4, 0.5) is 5.69 Å². The molecule has 0 spiro atoms. The van der Waals surface area contributed by atoms with Gasteiger partial charge in [-0.05, 0) is 29.2 Å². The zero-order chi connectivity index (χ0) is 26.8. The predicted molar refractivity (Wildman–Crippen MR) is 142 cm³/mol. The van der Waals surface area contributed by atoms with Crippen LogP contribution in [0.2, 0.25) is 0 Å². The van der Waals surface area contributed by atoms with Gasteiger partial charge in [0.15, 0.2) is 0 Å². The number of hydrogen-bond acceptors (Lipinski definition) is 5. The number of nitro benzene ring substituents is 1. The Morgan fingerprint density at radius 2 is 1.65 bits per heavy atom. The number of nitro groups is 1. The van der Waals surface area contributed by atoms with E-state index in [2.05, 4.69) is 5.32 Å². The van der Waals surface area contributed by atoms with Crippen LogP contribution in [0.3, 0.4) is 0 Å². The summed E-state index contributed by atoms with van der Waals surface area (Å²) in [7, 11) is 1.56. The summed E-state index contributed by atoms with van der Waals surface area (Å²) in [5.74, 6) is 0.220. The van der Waals surface area contributed by atoms with Crippen molar-refractivity contribution in [1.29, 1.82) is 0 Å². The van der Waals surface area contributed by atoms with Crippen LogP contribution >= 0.6 is 0 Å². The number of amides is 2. The van der Waals surface area contributed by atoms with E-state index in [4.69, 9.17) is 4.74 Å². The van der Waals surface area contributed by atoms with Gasteiger partial charge >= 0.3 is 0 Å². The molecular weight excluding hydrogens is 470 g/mol. The minimum Gasteiger partial charge on any atom is -0.497 e. The van der Waals surface area contributed by atoms with Crippen LogP contribution < -0.4 is 10.1 Å². The fourth-order valence-electron chi connectivity index (χ4n) is 4.05. The molecule has 0 fully saturated rings. The third-order valence-corrected chi connectivity index (χ3v) is 5.97. The number of para-hydroxylation sites is 1. The third-order valence-electron chi connectivity index (χ3n) is 5.97. The lowest BCUT2D eigenvalue weighted by Crippen LogP contribution is -2.51. The molecular formula is C29H33N3O5. The summed E-state index contributed by atoms with van der Waals surface area (Å²) in [5.41, 5.74) is 1.86. The highest BCUT2D eigenvalue weighted by atomic mass is 16.6. The maximum atomic E-state index is 13.8. The van der Waals surface area contributed by atoms with Crippen LogP contribution in [0.25, 0.3) is 0 Å². The summed E-state index contributed by atoms with van der Waals surface area (Å²) in [5, 5.41) is 14.5. The summed E-state index contributed by atoms with van der Waals surface area (Å²) < 4.78 is 5.35. The van der Waals surface area contributed by atoms with Crippen molar-refractivity contribution in [2.24, 2.45) is 5.92 Å². The van der Waals surface area contributed by atoms with Gasteiger partial charge in [-0.2, -0.15) is 0 Å². The molecule has 1 N–H and O–H groups in total. The molecule has 1 atom stereocenters. The SMILES string of the molecule is COc1cccc(CN(C(=O)Cc2ccccc2[N+](=O)[O-])[C@@H](Cc2ccccc2)C(=O)NCC(C)C)c1. The van der Waals surface area contributed by atoms with Crippen LogP contribution in [-0.4, -0.2) is 41.3 Å². The fourth-order valence-corrected chi connectivity index (χ4v) is 4.05. The molecule has 8 heteroatoms. The molecule has 0 saturated heterocycles. The van der Waals surface area contributed by atoms with Gasteiger partial charge in [0, 0.05) is 31.1 Å². The molecule has 0 aliphatic rings. The van der Waals surface area contributed by atoms with Gasteiger partial charge in [0.2, 0.25) is 11.8 Å². The third kappa shape index (κ3) is 7.90. The zero-order valence-electron chi connectivity index (χ0n) is 21.4. The van der Waals surface area contributed by atoms with Crippen LogP contribution in [0.5, 0.6) is 5.75 Å². The van der Waals surface area contributed by atoms with Gasteiger partial charge in [0.1, 0.15) is 11.8 Å². The molecule has 3 aromatic rings. The Bertz CT molecular complexity index is 1210. The Hall–Kier alpha value is -4.20. The molecule has 0 heterocycles. The highest BCUT2D eigenvalue weighted by molar-refractivity contribution is 5.89. The number of carbonyl (C=O) groups excluding carboxylic acids is 2. The van der Waals surface area contributed by atoms with Crippen LogP contribution in [-0.2, 0) is 29.0 Å². The Morgan fingerprint density at radius 3 is 2.32 bits per heavy atom. The number of nitrogens with zero attached hydrogens (tertiary/aromatic N) is 2. The number of hydrogen-bond donors (Lipinski definition) is 1. The molecule has 3 aromatic carbocycles. The van der Waals surface area contributed by atoms with Crippen molar-refractivity contribution in [3.63, 3.8) is 0 Å². The van der Waals surface area contributed by atoms with Crippen molar-refractivity contribution >= 4 is 17.5 Å². The monoisotopic (exact) mass is 503 g/mol. The molecule has 37 heavy (non-hydrogen) atoms. The number of carbonyl (C=O) groups is 2. The lowest BCUT2D eigenvalue weighted by Gasteiger charge is -2.32. The molecule has 0 bridgehead atoms. The number of methoxy groups -OCH3 is 1. The first kappa shape index (κ1) is 27.4. The highest BCUT2D eigenvalue weighted by Crippen LogP contribution is 2.22. The van der Waals surface area contributed by atoms with Crippen LogP contribution in [0.15, 0.2) is 78.9 Å². The lowest BCUT2D eigenvalue weighted by atomic mass is 10.0.